The molecule has 2 aromatic heterocycles. The van der Waals surface area contributed by atoms with E-state index in [1.807, 2.05) is 12.1 Å². The molecule has 49 heavy (non-hydrogen) atoms. The SMILES string of the molecule is c1ccc(-c2ccc(N(c3ccc4c(ccc5ccccc54)c3)c3c4nc(-c5ccccc5)sc4cc4oc5ccccc5c34)cc2)cc1. The Morgan fingerprint density at radius 1 is 0.469 bits per heavy atom. The van der Waals surface area contributed by atoms with E-state index >= 15 is 0 Å². The normalized spacial score (nSPS) is 11.7. The summed E-state index contributed by atoms with van der Waals surface area (Å²) >= 11 is 1.70. The van der Waals surface area contributed by atoms with Gasteiger partial charge in [0.1, 0.15) is 21.7 Å². The van der Waals surface area contributed by atoms with E-state index in [9.17, 15) is 0 Å². The molecule has 0 fully saturated rings. The van der Waals surface area contributed by atoms with Crippen molar-refractivity contribution in [1.82, 2.24) is 4.98 Å². The molecule has 3 nitrogen and oxygen atoms in total. The fraction of sp³-hybridized carbons (Fsp3) is 0. The van der Waals surface area contributed by atoms with E-state index in [0.717, 1.165) is 59.8 Å². The minimum atomic E-state index is 0.852. The maximum Gasteiger partial charge on any atom is 0.139 e. The third-order valence-electron chi connectivity index (χ3n) is 9.46. The molecule has 0 amide bonds. The van der Waals surface area contributed by atoms with Gasteiger partial charge in [-0.3, -0.25) is 0 Å². The summed E-state index contributed by atoms with van der Waals surface area (Å²) in [6, 6.07) is 60.2. The van der Waals surface area contributed by atoms with Crippen molar-refractivity contribution < 1.29 is 4.42 Å². The highest BCUT2D eigenvalue weighted by atomic mass is 32.1. The lowest BCUT2D eigenvalue weighted by atomic mass is 10.00. The number of hydrogen-bond donors (Lipinski definition) is 0. The lowest BCUT2D eigenvalue weighted by molar-refractivity contribution is 0.669. The number of para-hydroxylation sites is 1. The van der Waals surface area contributed by atoms with Crippen LogP contribution in [0.2, 0.25) is 0 Å². The third kappa shape index (κ3) is 4.61. The van der Waals surface area contributed by atoms with E-state index in [1.54, 1.807) is 11.3 Å². The summed E-state index contributed by atoms with van der Waals surface area (Å²) in [4.78, 5) is 7.77. The third-order valence-corrected chi connectivity index (χ3v) is 10.5. The molecule has 2 heterocycles. The van der Waals surface area contributed by atoms with E-state index in [2.05, 4.69) is 163 Å². The van der Waals surface area contributed by atoms with Gasteiger partial charge in [-0.1, -0.05) is 133 Å². The van der Waals surface area contributed by atoms with E-state index in [4.69, 9.17) is 9.40 Å². The first-order valence-electron chi connectivity index (χ1n) is 16.5. The van der Waals surface area contributed by atoms with Crippen LogP contribution in [0.5, 0.6) is 0 Å². The fourth-order valence-electron chi connectivity index (χ4n) is 7.15. The first-order valence-corrected chi connectivity index (χ1v) is 17.3. The lowest BCUT2D eigenvalue weighted by Crippen LogP contribution is -2.11. The maximum absolute atomic E-state index is 6.59. The predicted molar refractivity (Wildman–Crippen MR) is 207 cm³/mol. The second-order valence-corrected chi connectivity index (χ2v) is 13.4. The highest BCUT2D eigenvalue weighted by molar-refractivity contribution is 7.21. The summed E-state index contributed by atoms with van der Waals surface area (Å²) in [6.07, 6.45) is 0. The van der Waals surface area contributed by atoms with Crippen LogP contribution in [0.4, 0.5) is 17.1 Å². The van der Waals surface area contributed by atoms with Gasteiger partial charge in [-0.05, 0) is 63.0 Å². The summed E-state index contributed by atoms with van der Waals surface area (Å²) in [5.41, 5.74) is 9.26. The van der Waals surface area contributed by atoms with Crippen LogP contribution in [-0.4, -0.2) is 4.98 Å². The maximum atomic E-state index is 6.59. The smallest absolute Gasteiger partial charge is 0.139 e. The van der Waals surface area contributed by atoms with E-state index in [0.29, 0.717) is 0 Å². The number of benzene rings is 8. The van der Waals surface area contributed by atoms with Crippen LogP contribution in [0.25, 0.3) is 75.4 Å². The molecule has 0 bridgehead atoms. The zero-order chi connectivity index (χ0) is 32.3. The zero-order valence-corrected chi connectivity index (χ0v) is 27.2. The van der Waals surface area contributed by atoms with Crippen LogP contribution in [0.3, 0.4) is 0 Å². The molecule has 0 N–H and O–H groups in total. The minimum absolute atomic E-state index is 0.852. The topological polar surface area (TPSA) is 29.3 Å². The predicted octanol–water partition coefficient (Wildman–Crippen LogP) is 13.3. The van der Waals surface area contributed by atoms with Gasteiger partial charge in [0.2, 0.25) is 0 Å². The number of furan rings is 1. The fourth-order valence-corrected chi connectivity index (χ4v) is 8.15. The molecule has 0 aliphatic carbocycles. The molecule has 10 rings (SSSR count). The number of thiazole rings is 1. The highest BCUT2D eigenvalue weighted by Gasteiger charge is 2.25. The van der Waals surface area contributed by atoms with Crippen molar-refractivity contribution in [3.05, 3.63) is 170 Å². The number of hydrogen-bond acceptors (Lipinski definition) is 4. The summed E-state index contributed by atoms with van der Waals surface area (Å²) in [5, 5.41) is 8.02. The van der Waals surface area contributed by atoms with Gasteiger partial charge in [0.15, 0.2) is 0 Å². The standard InChI is InChI=1S/C45H28N2OS/c1-3-11-29(12-4-1)30-21-23-34(24-22-30)47(35-25-26-37-33(27-35)20-19-31-13-7-8-16-36(31)37)44-42-38-17-9-10-18-39(38)48-40(42)28-41-43(44)46-45(49-41)32-14-5-2-6-15-32/h1-28H. The Morgan fingerprint density at radius 2 is 1.10 bits per heavy atom. The lowest BCUT2D eigenvalue weighted by Gasteiger charge is -2.27. The second kappa shape index (κ2) is 11.2. The summed E-state index contributed by atoms with van der Waals surface area (Å²) in [6.45, 7) is 0. The molecule has 4 heteroatoms. The van der Waals surface area contributed by atoms with Crippen molar-refractivity contribution in [2.45, 2.75) is 0 Å². The highest BCUT2D eigenvalue weighted by Crippen LogP contribution is 2.49. The average molecular weight is 645 g/mol. The van der Waals surface area contributed by atoms with Crippen molar-refractivity contribution in [3.63, 3.8) is 0 Å². The summed E-state index contributed by atoms with van der Waals surface area (Å²) in [5.74, 6) is 0. The second-order valence-electron chi connectivity index (χ2n) is 12.4. The number of aromatic nitrogens is 1. The molecule has 8 aromatic carbocycles. The van der Waals surface area contributed by atoms with Gasteiger partial charge in [-0.25, -0.2) is 4.98 Å². The Bertz CT molecular complexity index is 2820. The molecule has 0 atom stereocenters. The van der Waals surface area contributed by atoms with E-state index in [1.165, 1.54) is 32.7 Å². The number of rotatable bonds is 5. The summed E-state index contributed by atoms with van der Waals surface area (Å²) in [7, 11) is 0. The molecular weight excluding hydrogens is 617 g/mol. The van der Waals surface area contributed by atoms with Crippen LogP contribution in [0, 0.1) is 0 Å². The van der Waals surface area contributed by atoms with Crippen LogP contribution >= 0.6 is 11.3 Å². The molecular formula is C45H28N2OS. The summed E-state index contributed by atoms with van der Waals surface area (Å²) < 4.78 is 7.67. The largest absolute Gasteiger partial charge is 0.456 e. The molecule has 0 saturated heterocycles. The van der Waals surface area contributed by atoms with Gasteiger partial charge in [-0.2, -0.15) is 0 Å². The van der Waals surface area contributed by atoms with Crippen molar-refractivity contribution in [2.75, 3.05) is 4.90 Å². The Balaban J connectivity index is 1.28. The molecule has 0 aliphatic rings. The van der Waals surface area contributed by atoms with Gasteiger partial charge in [0, 0.05) is 28.4 Å². The number of nitrogens with zero attached hydrogens (tertiary/aromatic N) is 2. The van der Waals surface area contributed by atoms with Gasteiger partial charge >= 0.3 is 0 Å². The minimum Gasteiger partial charge on any atom is -0.456 e. The van der Waals surface area contributed by atoms with Crippen LogP contribution < -0.4 is 4.90 Å². The van der Waals surface area contributed by atoms with Gasteiger partial charge < -0.3 is 9.32 Å². The molecule has 0 radical (unpaired) electrons. The Hall–Kier alpha value is -6.23. The first-order chi connectivity index (χ1) is 24.3. The quantitative estimate of drug-likeness (QED) is 0.175. The zero-order valence-electron chi connectivity index (χ0n) is 26.4. The molecule has 0 aliphatic heterocycles. The molecule has 0 saturated carbocycles. The molecule has 10 aromatic rings. The number of fused-ring (bicyclic) bond motifs is 7. The Morgan fingerprint density at radius 3 is 1.92 bits per heavy atom. The van der Waals surface area contributed by atoms with E-state index in [-0.39, 0.29) is 0 Å². The Kier molecular flexibility index (Phi) is 6.36. The molecule has 230 valence electrons. The van der Waals surface area contributed by atoms with E-state index < -0.39 is 0 Å². The average Bonchev–Trinajstić information content (AvgIpc) is 3.77. The van der Waals surface area contributed by atoms with Crippen molar-refractivity contribution in [3.8, 4) is 21.7 Å². The number of anilines is 3. The van der Waals surface area contributed by atoms with Crippen molar-refractivity contribution in [2.24, 2.45) is 0 Å². The van der Waals surface area contributed by atoms with Gasteiger partial charge in [0.05, 0.1) is 15.8 Å². The monoisotopic (exact) mass is 644 g/mol. The first kappa shape index (κ1) is 27.8. The molecule has 0 spiro atoms. The van der Waals surface area contributed by atoms with Crippen LogP contribution in [0.1, 0.15) is 0 Å². The molecule has 0 unspecified atom stereocenters. The Labute approximate surface area is 286 Å². The van der Waals surface area contributed by atoms with Crippen LogP contribution in [-0.2, 0) is 0 Å². The van der Waals surface area contributed by atoms with Crippen molar-refractivity contribution in [1.29, 1.82) is 0 Å². The van der Waals surface area contributed by atoms with Gasteiger partial charge in [0.25, 0.3) is 0 Å². The van der Waals surface area contributed by atoms with Crippen molar-refractivity contribution >= 4 is 82.1 Å². The van der Waals surface area contributed by atoms with Crippen LogP contribution in [0.15, 0.2) is 174 Å². The van der Waals surface area contributed by atoms with Gasteiger partial charge in [-0.15, -0.1) is 11.3 Å².